The number of pyridine rings is 1. The van der Waals surface area contributed by atoms with Crippen LogP contribution in [-0.2, 0) is 13.0 Å². The summed E-state index contributed by atoms with van der Waals surface area (Å²) < 4.78 is 7.19. The second-order valence-electron chi connectivity index (χ2n) is 9.04. The highest BCUT2D eigenvalue weighted by molar-refractivity contribution is 9.10. The van der Waals surface area contributed by atoms with Gasteiger partial charge in [0.25, 0.3) is 0 Å². The molecule has 1 aromatic heterocycles. The van der Waals surface area contributed by atoms with Crippen LogP contribution in [0.4, 0.5) is 0 Å². The van der Waals surface area contributed by atoms with Gasteiger partial charge in [0, 0.05) is 56.9 Å². The quantitative estimate of drug-likeness (QED) is 0.248. The minimum absolute atomic E-state index is 0.647. The first-order valence-corrected chi connectivity index (χ1v) is 13.7. The Labute approximate surface area is 224 Å². The number of ether oxygens (including phenoxy) is 1. The van der Waals surface area contributed by atoms with Crippen LogP contribution < -0.4 is 4.74 Å². The molecule has 0 amide bonds. The van der Waals surface area contributed by atoms with E-state index in [4.69, 9.17) is 4.74 Å². The number of aromatic nitrogens is 1. The molecule has 36 heavy (non-hydrogen) atoms. The predicted octanol–water partition coefficient (Wildman–Crippen LogP) is 7.06. The summed E-state index contributed by atoms with van der Waals surface area (Å²) in [5.74, 6) is 0.923. The van der Waals surface area contributed by atoms with Crippen LogP contribution in [0, 0.1) is 0 Å². The summed E-state index contributed by atoms with van der Waals surface area (Å²) >= 11 is 3.65. The second-order valence-corrected chi connectivity index (χ2v) is 9.90. The fourth-order valence-electron chi connectivity index (χ4n) is 4.52. The van der Waals surface area contributed by atoms with Gasteiger partial charge in [-0.3, -0.25) is 9.88 Å². The first kappa shape index (κ1) is 26.3. The summed E-state index contributed by atoms with van der Waals surface area (Å²) in [6, 6.07) is 23.7. The van der Waals surface area contributed by atoms with Gasteiger partial charge < -0.3 is 9.64 Å². The summed E-state index contributed by atoms with van der Waals surface area (Å²) in [5, 5.41) is 2.40. The molecule has 1 saturated heterocycles. The summed E-state index contributed by atoms with van der Waals surface area (Å²) in [6.45, 7) is 10.1. The Kier molecular flexibility index (Phi) is 9.51. The fraction of sp³-hybridized carbons (Fsp3) is 0.323. The van der Waals surface area contributed by atoms with Crippen LogP contribution in [0.1, 0.15) is 25.0 Å². The number of benzene rings is 3. The van der Waals surface area contributed by atoms with E-state index in [9.17, 15) is 0 Å². The third-order valence-corrected chi connectivity index (χ3v) is 7.25. The van der Waals surface area contributed by atoms with Crippen molar-refractivity contribution in [1.82, 2.24) is 14.8 Å². The van der Waals surface area contributed by atoms with Gasteiger partial charge in [-0.05, 0) is 68.8 Å². The fourth-order valence-corrected chi connectivity index (χ4v) is 4.88. The van der Waals surface area contributed by atoms with Crippen LogP contribution in [0.3, 0.4) is 0 Å². The van der Waals surface area contributed by atoms with Crippen molar-refractivity contribution in [2.45, 2.75) is 26.8 Å². The third kappa shape index (κ3) is 6.73. The Morgan fingerprint density at radius 2 is 1.64 bits per heavy atom. The minimum Gasteiger partial charge on any atom is -0.492 e. The lowest BCUT2D eigenvalue weighted by atomic mass is 9.98. The van der Waals surface area contributed by atoms with Crippen LogP contribution >= 0.6 is 15.9 Å². The van der Waals surface area contributed by atoms with Gasteiger partial charge in [-0.15, -0.1) is 0 Å². The van der Waals surface area contributed by atoms with E-state index in [1.165, 1.54) is 33.0 Å². The summed E-state index contributed by atoms with van der Waals surface area (Å²) in [5.41, 5.74) is 5.00. The molecular formula is C31H36BrN3O. The SMILES string of the molecule is CC.CN1CCN(Cc2ccc(Br)c(OCCc3ccc(-c4cccc5ccncc45)cc3)c2)CC1. The highest BCUT2D eigenvalue weighted by atomic mass is 79.9. The summed E-state index contributed by atoms with van der Waals surface area (Å²) in [7, 11) is 2.19. The predicted molar refractivity (Wildman–Crippen MR) is 155 cm³/mol. The molecular weight excluding hydrogens is 510 g/mol. The second kappa shape index (κ2) is 13.0. The molecule has 3 aromatic carbocycles. The van der Waals surface area contributed by atoms with E-state index in [-0.39, 0.29) is 0 Å². The highest BCUT2D eigenvalue weighted by Crippen LogP contribution is 2.29. The molecule has 0 atom stereocenters. The van der Waals surface area contributed by atoms with Gasteiger partial charge in [0.05, 0.1) is 11.1 Å². The van der Waals surface area contributed by atoms with Gasteiger partial charge in [0.15, 0.2) is 0 Å². The number of likely N-dealkylation sites (N-methyl/N-ethyl adjacent to an activating group) is 1. The standard InChI is InChI=1S/C29H30BrN3O.C2H6/c1-32-14-16-33(17-15-32)21-23-7-10-28(30)29(19-23)34-18-12-22-5-8-25(9-6-22)26-4-2-3-24-11-13-31-20-27(24)26;1-2/h2-11,13,19-20H,12,14-18,21H2,1H3;1-2H3. The van der Waals surface area contributed by atoms with Crippen molar-refractivity contribution in [3.63, 3.8) is 0 Å². The number of hydrogen-bond acceptors (Lipinski definition) is 4. The average molecular weight is 547 g/mol. The maximum Gasteiger partial charge on any atom is 0.133 e. The van der Waals surface area contributed by atoms with Crippen molar-refractivity contribution in [3.05, 3.63) is 94.7 Å². The zero-order valence-corrected chi connectivity index (χ0v) is 23.2. The number of halogens is 1. The van der Waals surface area contributed by atoms with Gasteiger partial charge >= 0.3 is 0 Å². The molecule has 0 bridgehead atoms. The molecule has 0 unspecified atom stereocenters. The third-order valence-electron chi connectivity index (χ3n) is 6.59. The van der Waals surface area contributed by atoms with E-state index in [2.05, 4.69) is 104 Å². The van der Waals surface area contributed by atoms with Crippen molar-refractivity contribution in [3.8, 4) is 16.9 Å². The Bertz CT molecular complexity index is 1250. The molecule has 1 fully saturated rings. The molecule has 5 heteroatoms. The first-order chi connectivity index (χ1) is 17.7. The van der Waals surface area contributed by atoms with E-state index in [1.807, 2.05) is 26.2 Å². The van der Waals surface area contributed by atoms with Crippen molar-refractivity contribution >= 4 is 26.7 Å². The van der Waals surface area contributed by atoms with Gasteiger partial charge in [-0.25, -0.2) is 0 Å². The normalized spacial score (nSPS) is 14.3. The molecule has 4 nitrogen and oxygen atoms in total. The molecule has 0 saturated carbocycles. The van der Waals surface area contributed by atoms with Gasteiger partial charge in [0.1, 0.15) is 5.75 Å². The van der Waals surface area contributed by atoms with Crippen LogP contribution in [-0.4, -0.2) is 54.6 Å². The van der Waals surface area contributed by atoms with E-state index in [0.717, 1.165) is 49.4 Å². The van der Waals surface area contributed by atoms with Gasteiger partial charge in [-0.1, -0.05) is 62.4 Å². The lowest BCUT2D eigenvalue weighted by Crippen LogP contribution is -2.43. The average Bonchev–Trinajstić information content (AvgIpc) is 2.93. The Morgan fingerprint density at radius 1 is 0.889 bits per heavy atom. The van der Waals surface area contributed by atoms with Crippen molar-refractivity contribution in [2.75, 3.05) is 39.8 Å². The number of rotatable bonds is 7. The molecule has 1 aliphatic heterocycles. The first-order valence-electron chi connectivity index (χ1n) is 12.9. The topological polar surface area (TPSA) is 28.6 Å². The molecule has 1 aliphatic rings. The zero-order valence-electron chi connectivity index (χ0n) is 21.6. The van der Waals surface area contributed by atoms with Crippen LogP contribution in [0.25, 0.3) is 21.9 Å². The van der Waals surface area contributed by atoms with Crippen LogP contribution in [0.5, 0.6) is 5.75 Å². The van der Waals surface area contributed by atoms with E-state index >= 15 is 0 Å². The van der Waals surface area contributed by atoms with Crippen molar-refractivity contribution < 1.29 is 4.74 Å². The van der Waals surface area contributed by atoms with Crippen LogP contribution in [0.15, 0.2) is 83.6 Å². The highest BCUT2D eigenvalue weighted by Gasteiger charge is 2.14. The van der Waals surface area contributed by atoms with E-state index in [0.29, 0.717) is 6.61 Å². The minimum atomic E-state index is 0.647. The summed E-state index contributed by atoms with van der Waals surface area (Å²) in [6.07, 6.45) is 4.66. The molecule has 0 spiro atoms. The number of hydrogen-bond donors (Lipinski definition) is 0. The molecule has 5 rings (SSSR count). The van der Waals surface area contributed by atoms with Gasteiger partial charge in [0.2, 0.25) is 0 Å². The van der Waals surface area contributed by atoms with Crippen LogP contribution in [0.2, 0.25) is 0 Å². The molecule has 0 aliphatic carbocycles. The largest absolute Gasteiger partial charge is 0.492 e. The molecule has 0 N–H and O–H groups in total. The van der Waals surface area contributed by atoms with Crippen molar-refractivity contribution in [1.29, 1.82) is 0 Å². The number of nitrogens with zero attached hydrogens (tertiary/aromatic N) is 3. The van der Waals surface area contributed by atoms with E-state index < -0.39 is 0 Å². The Morgan fingerprint density at radius 3 is 2.42 bits per heavy atom. The summed E-state index contributed by atoms with van der Waals surface area (Å²) in [4.78, 5) is 9.21. The monoisotopic (exact) mass is 545 g/mol. The lowest BCUT2D eigenvalue weighted by molar-refractivity contribution is 0.148. The van der Waals surface area contributed by atoms with E-state index in [1.54, 1.807) is 0 Å². The van der Waals surface area contributed by atoms with Crippen molar-refractivity contribution in [2.24, 2.45) is 0 Å². The molecule has 188 valence electrons. The number of piperazine rings is 1. The zero-order chi connectivity index (χ0) is 25.3. The maximum atomic E-state index is 6.18. The Hall–Kier alpha value is -2.73. The molecule has 0 radical (unpaired) electrons. The maximum absolute atomic E-state index is 6.18. The Balaban J connectivity index is 0.00000148. The molecule has 4 aromatic rings. The molecule has 2 heterocycles. The number of fused-ring (bicyclic) bond motifs is 1. The van der Waals surface area contributed by atoms with Gasteiger partial charge in [-0.2, -0.15) is 0 Å². The lowest BCUT2D eigenvalue weighted by Gasteiger charge is -2.32. The smallest absolute Gasteiger partial charge is 0.133 e.